The molecular weight excluding hydrogens is 239 g/mol. The van der Waals surface area contributed by atoms with Crippen molar-refractivity contribution in [1.29, 1.82) is 0 Å². The van der Waals surface area contributed by atoms with Gasteiger partial charge in [-0.15, -0.1) is 0 Å². The number of rotatable bonds is 5. The molecular formula is C14H18F3N. The monoisotopic (exact) mass is 257 g/mol. The first kappa shape index (κ1) is 13.4. The summed E-state index contributed by atoms with van der Waals surface area (Å²) in [6.07, 6.45) is -1.93. The lowest BCUT2D eigenvalue weighted by Crippen LogP contribution is -2.36. The maximum atomic E-state index is 13.0. The summed E-state index contributed by atoms with van der Waals surface area (Å²) in [4.78, 5) is 0. The molecule has 0 amide bonds. The van der Waals surface area contributed by atoms with Crippen LogP contribution in [0.2, 0.25) is 0 Å². The van der Waals surface area contributed by atoms with Crippen molar-refractivity contribution in [2.75, 3.05) is 6.54 Å². The Kier molecular flexibility index (Phi) is 3.95. The van der Waals surface area contributed by atoms with Gasteiger partial charge in [0.25, 0.3) is 0 Å². The molecule has 1 fully saturated rings. The Morgan fingerprint density at radius 3 is 2.33 bits per heavy atom. The topological polar surface area (TPSA) is 12.0 Å². The number of nitrogens with one attached hydrogen (secondary N) is 1. The third-order valence-corrected chi connectivity index (χ3v) is 3.53. The van der Waals surface area contributed by atoms with E-state index in [-0.39, 0.29) is 5.56 Å². The predicted molar refractivity (Wildman–Crippen MR) is 65.1 cm³/mol. The minimum absolute atomic E-state index is 0.285. The quantitative estimate of drug-likeness (QED) is 0.842. The van der Waals surface area contributed by atoms with Crippen molar-refractivity contribution in [3.05, 3.63) is 35.9 Å². The molecule has 4 heteroatoms. The van der Waals surface area contributed by atoms with Gasteiger partial charge in [0, 0.05) is 0 Å². The van der Waals surface area contributed by atoms with Gasteiger partial charge in [-0.05, 0) is 36.8 Å². The van der Waals surface area contributed by atoms with Crippen molar-refractivity contribution in [1.82, 2.24) is 5.32 Å². The van der Waals surface area contributed by atoms with Crippen LogP contribution in [0, 0.1) is 11.8 Å². The van der Waals surface area contributed by atoms with Crippen LogP contribution in [0.25, 0.3) is 0 Å². The van der Waals surface area contributed by atoms with Crippen LogP contribution in [-0.4, -0.2) is 12.7 Å². The van der Waals surface area contributed by atoms with Crippen LogP contribution in [0.4, 0.5) is 13.2 Å². The van der Waals surface area contributed by atoms with Crippen LogP contribution in [0.1, 0.15) is 31.4 Å². The van der Waals surface area contributed by atoms with Crippen LogP contribution in [0.15, 0.2) is 30.3 Å². The smallest absolute Gasteiger partial charge is 0.302 e. The van der Waals surface area contributed by atoms with Crippen molar-refractivity contribution >= 4 is 0 Å². The van der Waals surface area contributed by atoms with Crippen LogP contribution in [-0.2, 0) is 0 Å². The van der Waals surface area contributed by atoms with Gasteiger partial charge < -0.3 is 5.32 Å². The Hall–Kier alpha value is -1.03. The van der Waals surface area contributed by atoms with E-state index in [2.05, 4.69) is 5.32 Å². The molecule has 0 aromatic heterocycles. The van der Waals surface area contributed by atoms with E-state index >= 15 is 0 Å². The third-order valence-electron chi connectivity index (χ3n) is 3.53. The Labute approximate surface area is 105 Å². The van der Waals surface area contributed by atoms with Gasteiger partial charge in [0.1, 0.15) is 6.04 Å². The average molecular weight is 257 g/mol. The molecule has 1 aromatic rings. The van der Waals surface area contributed by atoms with E-state index in [4.69, 9.17) is 0 Å². The molecule has 0 saturated heterocycles. The zero-order chi connectivity index (χ0) is 13.2. The Bertz CT molecular complexity index is 370. The summed E-state index contributed by atoms with van der Waals surface area (Å²) in [6, 6.07) is 6.49. The van der Waals surface area contributed by atoms with Gasteiger partial charge in [-0.25, -0.2) is 0 Å². The maximum Gasteiger partial charge on any atom is 0.407 e. The van der Waals surface area contributed by atoms with E-state index in [9.17, 15) is 13.2 Å². The van der Waals surface area contributed by atoms with Crippen molar-refractivity contribution < 1.29 is 13.2 Å². The Morgan fingerprint density at radius 2 is 1.83 bits per heavy atom. The average Bonchev–Trinajstić information content (AvgIpc) is 3.12. The fourth-order valence-electron chi connectivity index (χ4n) is 2.20. The fraction of sp³-hybridized carbons (Fsp3) is 0.571. The van der Waals surface area contributed by atoms with E-state index < -0.39 is 12.2 Å². The second-order valence-electron chi connectivity index (χ2n) is 5.11. The van der Waals surface area contributed by atoms with E-state index in [1.807, 2.05) is 6.92 Å². The van der Waals surface area contributed by atoms with Gasteiger partial charge in [-0.2, -0.15) is 13.2 Å². The molecule has 2 atom stereocenters. The van der Waals surface area contributed by atoms with E-state index in [1.54, 1.807) is 18.2 Å². The lowest BCUT2D eigenvalue weighted by molar-refractivity contribution is -0.158. The van der Waals surface area contributed by atoms with Crippen molar-refractivity contribution in [2.45, 2.75) is 32.0 Å². The highest BCUT2D eigenvalue weighted by Crippen LogP contribution is 2.37. The van der Waals surface area contributed by atoms with Gasteiger partial charge in [0.2, 0.25) is 0 Å². The molecule has 1 aromatic carbocycles. The summed E-state index contributed by atoms with van der Waals surface area (Å²) >= 11 is 0. The summed E-state index contributed by atoms with van der Waals surface area (Å²) in [5.74, 6) is 0.931. The number of halogens is 3. The van der Waals surface area contributed by atoms with Crippen molar-refractivity contribution in [2.24, 2.45) is 11.8 Å². The first-order valence-corrected chi connectivity index (χ1v) is 6.33. The van der Waals surface area contributed by atoms with Gasteiger partial charge in [0.05, 0.1) is 0 Å². The molecule has 18 heavy (non-hydrogen) atoms. The molecule has 0 aliphatic heterocycles. The first-order chi connectivity index (χ1) is 8.48. The molecule has 1 aliphatic rings. The second kappa shape index (κ2) is 5.31. The van der Waals surface area contributed by atoms with Gasteiger partial charge in [-0.3, -0.25) is 0 Å². The fourth-order valence-corrected chi connectivity index (χ4v) is 2.20. The molecule has 0 radical (unpaired) electrons. The highest BCUT2D eigenvalue weighted by molar-refractivity contribution is 5.20. The van der Waals surface area contributed by atoms with E-state index in [0.29, 0.717) is 18.4 Å². The lowest BCUT2D eigenvalue weighted by Gasteiger charge is -2.24. The minimum atomic E-state index is -4.25. The molecule has 1 N–H and O–H groups in total. The standard InChI is InChI=1S/C14H18F3N/c1-10(11-7-8-11)9-18-13(14(15,16)17)12-5-3-2-4-6-12/h2-6,10-11,13,18H,7-9H2,1H3. The summed E-state index contributed by atoms with van der Waals surface area (Å²) in [6.45, 7) is 2.44. The summed E-state index contributed by atoms with van der Waals surface area (Å²) in [7, 11) is 0. The molecule has 2 rings (SSSR count). The number of benzene rings is 1. The summed E-state index contributed by atoms with van der Waals surface area (Å²) in [5.41, 5.74) is 0.285. The molecule has 2 unspecified atom stereocenters. The molecule has 1 aliphatic carbocycles. The highest BCUT2D eigenvalue weighted by atomic mass is 19.4. The van der Waals surface area contributed by atoms with Crippen LogP contribution >= 0.6 is 0 Å². The molecule has 100 valence electrons. The van der Waals surface area contributed by atoms with E-state index in [0.717, 1.165) is 12.8 Å². The zero-order valence-electron chi connectivity index (χ0n) is 10.4. The van der Waals surface area contributed by atoms with Gasteiger partial charge in [0.15, 0.2) is 0 Å². The number of hydrogen-bond donors (Lipinski definition) is 1. The normalized spacial score (nSPS) is 19.6. The van der Waals surface area contributed by atoms with Crippen LogP contribution in [0.3, 0.4) is 0 Å². The highest BCUT2D eigenvalue weighted by Gasteiger charge is 2.41. The number of alkyl halides is 3. The maximum absolute atomic E-state index is 13.0. The second-order valence-corrected chi connectivity index (χ2v) is 5.11. The van der Waals surface area contributed by atoms with Crippen LogP contribution in [0.5, 0.6) is 0 Å². The molecule has 1 nitrogen and oxygen atoms in total. The Balaban J connectivity index is 2.01. The molecule has 0 heterocycles. The Morgan fingerprint density at radius 1 is 1.22 bits per heavy atom. The van der Waals surface area contributed by atoms with Crippen LogP contribution < -0.4 is 5.32 Å². The largest absolute Gasteiger partial charge is 0.407 e. The lowest BCUT2D eigenvalue weighted by atomic mass is 10.0. The first-order valence-electron chi connectivity index (χ1n) is 6.33. The van der Waals surface area contributed by atoms with Crippen molar-refractivity contribution in [3.8, 4) is 0 Å². The molecule has 1 saturated carbocycles. The molecule has 0 spiro atoms. The molecule has 0 bridgehead atoms. The van der Waals surface area contributed by atoms with Gasteiger partial charge in [-0.1, -0.05) is 37.3 Å². The van der Waals surface area contributed by atoms with Crippen molar-refractivity contribution in [3.63, 3.8) is 0 Å². The van der Waals surface area contributed by atoms with E-state index in [1.165, 1.54) is 12.1 Å². The summed E-state index contributed by atoms with van der Waals surface area (Å²) < 4.78 is 39.0. The SMILES string of the molecule is CC(CNC(c1ccccc1)C(F)(F)F)C1CC1. The predicted octanol–water partition coefficient (Wildman–Crippen LogP) is 3.93. The third kappa shape index (κ3) is 3.48. The zero-order valence-corrected chi connectivity index (χ0v) is 10.4. The number of hydrogen-bond acceptors (Lipinski definition) is 1. The minimum Gasteiger partial charge on any atom is -0.302 e. The van der Waals surface area contributed by atoms with Gasteiger partial charge >= 0.3 is 6.18 Å². The summed E-state index contributed by atoms with van der Waals surface area (Å²) in [5, 5.41) is 2.67.